The molecule has 182 valence electrons. The van der Waals surface area contributed by atoms with E-state index in [4.69, 9.17) is 9.72 Å². The fraction of sp³-hybridized carbons (Fsp3) is 0.577. The second kappa shape index (κ2) is 9.64. The molecule has 2 heterocycles. The van der Waals surface area contributed by atoms with Crippen molar-refractivity contribution in [3.05, 3.63) is 41.1 Å². The van der Waals surface area contributed by atoms with Gasteiger partial charge in [0.2, 0.25) is 0 Å². The van der Waals surface area contributed by atoms with Crippen molar-refractivity contribution in [2.24, 2.45) is 0 Å². The number of para-hydroxylation sites is 1. The van der Waals surface area contributed by atoms with Crippen molar-refractivity contribution < 1.29 is 22.7 Å². The zero-order valence-electron chi connectivity index (χ0n) is 19.5. The number of nitrogens with zero attached hydrogens (tertiary/aromatic N) is 2. The van der Waals surface area contributed by atoms with Gasteiger partial charge in [0.15, 0.2) is 16.4 Å². The van der Waals surface area contributed by atoms with Crippen LogP contribution in [0.25, 0.3) is 10.9 Å². The van der Waals surface area contributed by atoms with Gasteiger partial charge in [-0.3, -0.25) is 9.78 Å². The molecule has 1 amide bonds. The van der Waals surface area contributed by atoms with Crippen LogP contribution in [0.2, 0.25) is 0 Å². The molecule has 1 aromatic carbocycles. The van der Waals surface area contributed by atoms with Crippen molar-refractivity contribution in [1.29, 1.82) is 0 Å². The van der Waals surface area contributed by atoms with Crippen LogP contribution in [0.3, 0.4) is 0 Å². The van der Waals surface area contributed by atoms with E-state index >= 15 is 0 Å². The summed E-state index contributed by atoms with van der Waals surface area (Å²) in [4.78, 5) is 33.3. The van der Waals surface area contributed by atoms with E-state index in [0.29, 0.717) is 12.0 Å². The molecule has 0 spiro atoms. The Morgan fingerprint density at radius 3 is 2.50 bits per heavy atom. The molecule has 34 heavy (non-hydrogen) atoms. The lowest BCUT2D eigenvalue weighted by Crippen LogP contribution is -2.48. The molecular formula is C26H32N2O5S. The van der Waals surface area contributed by atoms with Crippen LogP contribution in [0.4, 0.5) is 0 Å². The van der Waals surface area contributed by atoms with Gasteiger partial charge < -0.3 is 9.64 Å². The van der Waals surface area contributed by atoms with Crippen molar-refractivity contribution in [1.82, 2.24) is 9.88 Å². The van der Waals surface area contributed by atoms with E-state index in [2.05, 4.69) is 0 Å². The molecule has 3 aliphatic rings. The van der Waals surface area contributed by atoms with Gasteiger partial charge in [0.25, 0.3) is 5.91 Å². The Balaban J connectivity index is 1.39. The summed E-state index contributed by atoms with van der Waals surface area (Å²) in [5.41, 5.74) is 3.21. The molecule has 1 saturated heterocycles. The number of benzene rings is 1. The average Bonchev–Trinajstić information content (AvgIpc) is 3.40. The van der Waals surface area contributed by atoms with Gasteiger partial charge in [0, 0.05) is 23.2 Å². The minimum Gasteiger partial charge on any atom is -0.452 e. The van der Waals surface area contributed by atoms with E-state index in [9.17, 15) is 18.0 Å². The molecule has 5 rings (SSSR count). The van der Waals surface area contributed by atoms with Gasteiger partial charge in [-0.25, -0.2) is 13.2 Å². The lowest BCUT2D eigenvalue weighted by molar-refractivity contribution is -0.139. The Labute approximate surface area is 200 Å². The second-order valence-corrected chi connectivity index (χ2v) is 12.1. The Hall–Kier alpha value is -2.48. The highest BCUT2D eigenvalue weighted by molar-refractivity contribution is 7.91. The molecule has 2 fully saturated rings. The van der Waals surface area contributed by atoms with Gasteiger partial charge in [0.1, 0.15) is 0 Å². The predicted octanol–water partition coefficient (Wildman–Crippen LogP) is 3.62. The number of fused-ring (bicyclic) bond motifs is 2. The predicted molar refractivity (Wildman–Crippen MR) is 129 cm³/mol. The van der Waals surface area contributed by atoms with Gasteiger partial charge >= 0.3 is 5.97 Å². The van der Waals surface area contributed by atoms with E-state index in [1.165, 1.54) is 0 Å². The van der Waals surface area contributed by atoms with Crippen LogP contribution in [0, 0.1) is 0 Å². The van der Waals surface area contributed by atoms with Crippen molar-refractivity contribution in [3.63, 3.8) is 0 Å². The van der Waals surface area contributed by atoms with Crippen LogP contribution in [0.15, 0.2) is 24.3 Å². The van der Waals surface area contributed by atoms with Crippen LogP contribution in [0.1, 0.15) is 73.0 Å². The van der Waals surface area contributed by atoms with Crippen LogP contribution < -0.4 is 0 Å². The summed E-state index contributed by atoms with van der Waals surface area (Å²) in [6, 6.07) is 7.30. The average molecular weight is 485 g/mol. The molecule has 0 N–H and O–H groups in total. The maximum absolute atomic E-state index is 13.4. The second-order valence-electron chi connectivity index (χ2n) is 9.86. The minimum atomic E-state index is -3.12. The third-order valence-corrected chi connectivity index (χ3v) is 9.31. The molecule has 0 radical (unpaired) electrons. The summed E-state index contributed by atoms with van der Waals surface area (Å²) < 4.78 is 29.8. The van der Waals surface area contributed by atoms with Crippen LogP contribution in [0.5, 0.6) is 0 Å². The smallest absolute Gasteiger partial charge is 0.339 e. The van der Waals surface area contributed by atoms with Gasteiger partial charge in [0.05, 0.1) is 22.6 Å². The lowest BCUT2D eigenvalue weighted by Gasteiger charge is -2.33. The number of esters is 1. The lowest BCUT2D eigenvalue weighted by atomic mass is 9.97. The number of pyridine rings is 1. The quantitative estimate of drug-likeness (QED) is 0.475. The van der Waals surface area contributed by atoms with Crippen molar-refractivity contribution in [2.45, 2.75) is 76.3 Å². The number of rotatable bonds is 5. The largest absolute Gasteiger partial charge is 0.452 e. The van der Waals surface area contributed by atoms with Gasteiger partial charge in [-0.1, -0.05) is 37.5 Å². The molecule has 1 atom stereocenters. The number of aromatic nitrogens is 1. The molecule has 8 heteroatoms. The molecule has 1 aromatic heterocycles. The van der Waals surface area contributed by atoms with Gasteiger partial charge in [-0.05, 0) is 56.6 Å². The normalized spacial score (nSPS) is 22.3. The zero-order valence-corrected chi connectivity index (χ0v) is 20.3. The van der Waals surface area contributed by atoms with E-state index in [-0.39, 0.29) is 36.1 Å². The number of carbonyl (C=O) groups excluding carboxylic acids is 2. The molecule has 1 saturated carbocycles. The summed E-state index contributed by atoms with van der Waals surface area (Å²) in [7, 11) is -3.12. The fourth-order valence-corrected chi connectivity index (χ4v) is 7.65. The topological polar surface area (TPSA) is 93.6 Å². The van der Waals surface area contributed by atoms with E-state index in [1.807, 2.05) is 24.3 Å². The molecular weight excluding hydrogens is 452 g/mol. The summed E-state index contributed by atoms with van der Waals surface area (Å²) in [5, 5.41) is 0.759. The molecule has 1 aliphatic heterocycles. The van der Waals surface area contributed by atoms with Crippen molar-refractivity contribution in [2.75, 3.05) is 18.1 Å². The Morgan fingerprint density at radius 2 is 1.74 bits per heavy atom. The monoisotopic (exact) mass is 484 g/mol. The fourth-order valence-electron chi connectivity index (χ4n) is 5.94. The summed E-state index contributed by atoms with van der Waals surface area (Å²) >= 11 is 0. The maximum Gasteiger partial charge on any atom is 0.339 e. The standard InChI is InChI=1S/C26H32N2O5S/c29-24(28(18-8-4-5-9-18)19-14-15-34(31,32)17-19)16-33-26(30)25-20-10-2-1-3-12-22(20)27-23-13-7-6-11-21(23)25/h6-7,11,13,18-19H,1-5,8-10,12,14-17H2. The molecule has 1 unspecified atom stereocenters. The van der Waals surface area contributed by atoms with E-state index in [0.717, 1.165) is 79.9 Å². The number of hydrogen-bond acceptors (Lipinski definition) is 6. The molecule has 0 bridgehead atoms. The molecule has 2 aromatic rings. The third kappa shape index (κ3) is 4.69. The highest BCUT2D eigenvalue weighted by Crippen LogP contribution is 2.31. The number of hydrogen-bond donors (Lipinski definition) is 0. The number of aryl methyl sites for hydroxylation is 1. The number of carbonyl (C=O) groups is 2. The van der Waals surface area contributed by atoms with Crippen LogP contribution in [-0.4, -0.2) is 60.4 Å². The van der Waals surface area contributed by atoms with Crippen LogP contribution in [-0.2, 0) is 32.2 Å². The van der Waals surface area contributed by atoms with Crippen molar-refractivity contribution >= 4 is 32.6 Å². The van der Waals surface area contributed by atoms with E-state index in [1.54, 1.807) is 4.90 Å². The van der Waals surface area contributed by atoms with Gasteiger partial charge in [-0.15, -0.1) is 0 Å². The first-order valence-electron chi connectivity index (χ1n) is 12.5. The van der Waals surface area contributed by atoms with Crippen molar-refractivity contribution in [3.8, 4) is 0 Å². The first kappa shape index (κ1) is 23.3. The Kier molecular flexibility index (Phi) is 6.60. The summed E-state index contributed by atoms with van der Waals surface area (Å²) in [6.07, 6.45) is 9.03. The van der Waals surface area contributed by atoms with Crippen LogP contribution >= 0.6 is 0 Å². The van der Waals surface area contributed by atoms with E-state index < -0.39 is 15.8 Å². The SMILES string of the molecule is O=C(OCC(=O)N(C1CCCC1)C1CCS(=O)(=O)C1)c1c2c(nc3ccccc13)CCCCC2. The summed E-state index contributed by atoms with van der Waals surface area (Å²) in [5.74, 6) is -0.656. The number of sulfone groups is 1. The number of ether oxygens (including phenoxy) is 1. The Bertz CT molecular complexity index is 1200. The third-order valence-electron chi connectivity index (χ3n) is 7.56. The first-order chi connectivity index (χ1) is 16.4. The summed E-state index contributed by atoms with van der Waals surface area (Å²) in [6.45, 7) is -0.364. The van der Waals surface area contributed by atoms with Gasteiger partial charge in [-0.2, -0.15) is 0 Å². The highest BCUT2D eigenvalue weighted by atomic mass is 32.2. The molecule has 2 aliphatic carbocycles. The minimum absolute atomic E-state index is 0.00564. The zero-order chi connectivity index (χ0) is 23.7. The first-order valence-corrected chi connectivity index (χ1v) is 14.3. The Morgan fingerprint density at radius 1 is 0.971 bits per heavy atom. The highest BCUT2D eigenvalue weighted by Gasteiger charge is 2.39. The molecule has 7 nitrogen and oxygen atoms in total. The number of amides is 1. The maximum atomic E-state index is 13.4.